The Hall–Kier alpha value is 0.360. The van der Waals surface area contributed by atoms with E-state index in [4.69, 9.17) is 5.84 Å². The first-order chi connectivity index (χ1) is 4.34. The van der Waals surface area contributed by atoms with Crippen molar-refractivity contribution in [2.75, 3.05) is 19.6 Å². The van der Waals surface area contributed by atoms with Crippen LogP contribution in [-0.4, -0.2) is 30.7 Å². The van der Waals surface area contributed by atoms with Crippen molar-refractivity contribution in [2.45, 2.75) is 19.4 Å². The van der Waals surface area contributed by atoms with E-state index in [1.54, 1.807) is 0 Å². The molecule has 0 aromatic carbocycles. The van der Waals surface area contributed by atoms with Gasteiger partial charge in [-0.1, -0.05) is 6.92 Å². The van der Waals surface area contributed by atoms with Crippen molar-refractivity contribution in [1.82, 2.24) is 10.3 Å². The molecule has 0 saturated carbocycles. The van der Waals surface area contributed by atoms with Gasteiger partial charge in [-0.05, 0) is 6.42 Å². The van der Waals surface area contributed by atoms with Gasteiger partial charge in [0.15, 0.2) is 0 Å². The summed E-state index contributed by atoms with van der Waals surface area (Å²) in [6.45, 7) is 5.23. The number of halogens is 1. The fourth-order valence-electron chi connectivity index (χ4n) is 1.16. The number of rotatable bonds is 1. The van der Waals surface area contributed by atoms with Crippen LogP contribution >= 0.6 is 17.0 Å². The van der Waals surface area contributed by atoms with Gasteiger partial charge >= 0.3 is 0 Å². The maximum Gasteiger partial charge on any atom is 0.0363 e. The van der Waals surface area contributed by atoms with Crippen molar-refractivity contribution in [3.8, 4) is 0 Å². The smallest absolute Gasteiger partial charge is 0.0363 e. The van der Waals surface area contributed by atoms with E-state index >= 15 is 0 Å². The molecular formula is C6H16BrN3. The average molecular weight is 210 g/mol. The largest absolute Gasteiger partial charge is 0.314 e. The Morgan fingerprint density at radius 3 is 2.80 bits per heavy atom. The van der Waals surface area contributed by atoms with E-state index in [1.807, 2.05) is 5.01 Å². The number of piperazine rings is 1. The van der Waals surface area contributed by atoms with Gasteiger partial charge in [0, 0.05) is 25.7 Å². The number of nitrogens with zero attached hydrogens (tertiary/aromatic N) is 1. The Labute approximate surface area is 72.7 Å². The minimum Gasteiger partial charge on any atom is -0.314 e. The van der Waals surface area contributed by atoms with Gasteiger partial charge in [-0.15, -0.1) is 17.0 Å². The number of nitrogens with one attached hydrogen (secondary N) is 1. The van der Waals surface area contributed by atoms with E-state index in [-0.39, 0.29) is 17.0 Å². The number of hydrogen-bond donors (Lipinski definition) is 2. The molecule has 0 aliphatic carbocycles. The van der Waals surface area contributed by atoms with Crippen molar-refractivity contribution < 1.29 is 0 Å². The molecule has 0 spiro atoms. The summed E-state index contributed by atoms with van der Waals surface area (Å²) in [5.41, 5.74) is 0. The van der Waals surface area contributed by atoms with Gasteiger partial charge in [-0.3, -0.25) is 5.84 Å². The molecule has 0 radical (unpaired) electrons. The Morgan fingerprint density at radius 1 is 1.70 bits per heavy atom. The molecule has 3 nitrogen and oxygen atoms in total. The summed E-state index contributed by atoms with van der Waals surface area (Å²) in [5, 5.41) is 5.22. The molecule has 1 aliphatic rings. The highest BCUT2D eigenvalue weighted by atomic mass is 79.9. The maximum atomic E-state index is 5.68. The lowest BCUT2D eigenvalue weighted by Crippen LogP contribution is -2.54. The van der Waals surface area contributed by atoms with Crippen LogP contribution in [-0.2, 0) is 0 Å². The van der Waals surface area contributed by atoms with Gasteiger partial charge in [0.05, 0.1) is 0 Å². The van der Waals surface area contributed by atoms with Crippen LogP contribution in [0.2, 0.25) is 0 Å². The third-order valence-electron chi connectivity index (χ3n) is 1.87. The molecule has 3 N–H and O–H groups in total. The molecule has 0 bridgehead atoms. The Bertz CT molecular complexity index is 89.1. The Morgan fingerprint density at radius 2 is 2.40 bits per heavy atom. The molecule has 1 aliphatic heterocycles. The summed E-state index contributed by atoms with van der Waals surface area (Å²) < 4.78 is 0. The monoisotopic (exact) mass is 209 g/mol. The number of nitrogens with two attached hydrogens (primary N) is 1. The molecular weight excluding hydrogens is 194 g/mol. The van der Waals surface area contributed by atoms with E-state index in [0.717, 1.165) is 26.1 Å². The van der Waals surface area contributed by atoms with Crippen molar-refractivity contribution >= 4 is 17.0 Å². The van der Waals surface area contributed by atoms with Crippen molar-refractivity contribution in [3.63, 3.8) is 0 Å². The number of hydrogen-bond acceptors (Lipinski definition) is 3. The van der Waals surface area contributed by atoms with Crippen LogP contribution in [0.25, 0.3) is 0 Å². The second-order valence-corrected chi connectivity index (χ2v) is 2.50. The summed E-state index contributed by atoms with van der Waals surface area (Å²) in [6.07, 6.45) is 1.14. The van der Waals surface area contributed by atoms with Crippen LogP contribution in [0.5, 0.6) is 0 Å². The standard InChI is InChI=1S/C6H15N3.BrH/c1-2-6-5-8-3-4-9(6)7;/h6,8H,2-5,7H2,1H3;1H. The Balaban J connectivity index is 0.000000810. The second-order valence-electron chi connectivity index (χ2n) is 2.50. The van der Waals surface area contributed by atoms with E-state index in [0.29, 0.717) is 6.04 Å². The lowest BCUT2D eigenvalue weighted by Gasteiger charge is -2.31. The van der Waals surface area contributed by atoms with Crippen LogP contribution in [0.3, 0.4) is 0 Å². The molecule has 1 rings (SSSR count). The lowest BCUT2D eigenvalue weighted by molar-refractivity contribution is 0.160. The van der Waals surface area contributed by atoms with E-state index in [2.05, 4.69) is 12.2 Å². The van der Waals surface area contributed by atoms with Crippen LogP contribution in [0.1, 0.15) is 13.3 Å². The van der Waals surface area contributed by atoms with Gasteiger partial charge in [0.2, 0.25) is 0 Å². The first-order valence-electron chi connectivity index (χ1n) is 3.56. The molecule has 62 valence electrons. The fourth-order valence-corrected chi connectivity index (χ4v) is 1.16. The molecule has 0 aromatic rings. The van der Waals surface area contributed by atoms with Gasteiger partial charge in [-0.2, -0.15) is 0 Å². The molecule has 1 saturated heterocycles. The minimum atomic E-state index is 0. The Kier molecular flexibility index (Phi) is 5.25. The van der Waals surface area contributed by atoms with Crippen LogP contribution in [0, 0.1) is 0 Å². The first-order valence-corrected chi connectivity index (χ1v) is 3.56. The summed E-state index contributed by atoms with van der Waals surface area (Å²) in [7, 11) is 0. The first kappa shape index (κ1) is 10.4. The predicted octanol–water partition coefficient (Wildman–Crippen LogP) is 0.122. The van der Waals surface area contributed by atoms with Crippen molar-refractivity contribution in [1.29, 1.82) is 0 Å². The third kappa shape index (κ3) is 2.54. The highest BCUT2D eigenvalue weighted by Crippen LogP contribution is 1.99. The molecule has 4 heteroatoms. The molecule has 1 fully saturated rings. The molecule has 10 heavy (non-hydrogen) atoms. The molecule has 1 unspecified atom stereocenters. The predicted molar refractivity (Wildman–Crippen MR) is 48.2 cm³/mol. The van der Waals surface area contributed by atoms with Gasteiger partial charge in [0.1, 0.15) is 0 Å². The SMILES string of the molecule is Br.CCC1CNCCN1N. The quantitative estimate of drug-likeness (QED) is 0.604. The van der Waals surface area contributed by atoms with Crippen LogP contribution in [0.4, 0.5) is 0 Å². The van der Waals surface area contributed by atoms with Gasteiger partial charge in [0.25, 0.3) is 0 Å². The zero-order chi connectivity index (χ0) is 6.69. The van der Waals surface area contributed by atoms with Gasteiger partial charge < -0.3 is 5.32 Å². The zero-order valence-electron chi connectivity index (χ0n) is 6.34. The molecule has 1 atom stereocenters. The number of hydrazine groups is 1. The summed E-state index contributed by atoms with van der Waals surface area (Å²) in [6, 6.07) is 0.554. The molecule has 1 heterocycles. The van der Waals surface area contributed by atoms with E-state index < -0.39 is 0 Å². The van der Waals surface area contributed by atoms with Gasteiger partial charge in [-0.25, -0.2) is 5.01 Å². The molecule has 0 aromatic heterocycles. The highest BCUT2D eigenvalue weighted by Gasteiger charge is 2.15. The van der Waals surface area contributed by atoms with Crippen LogP contribution in [0.15, 0.2) is 0 Å². The lowest BCUT2D eigenvalue weighted by atomic mass is 10.2. The molecule has 0 amide bonds. The fraction of sp³-hybridized carbons (Fsp3) is 1.00. The summed E-state index contributed by atoms with van der Waals surface area (Å²) in [4.78, 5) is 0. The van der Waals surface area contributed by atoms with Crippen molar-refractivity contribution in [2.24, 2.45) is 5.84 Å². The average Bonchev–Trinajstić information content (AvgIpc) is 1.89. The van der Waals surface area contributed by atoms with E-state index in [1.165, 1.54) is 0 Å². The topological polar surface area (TPSA) is 41.3 Å². The zero-order valence-corrected chi connectivity index (χ0v) is 8.05. The maximum absolute atomic E-state index is 5.68. The normalized spacial score (nSPS) is 27.6. The summed E-state index contributed by atoms with van der Waals surface area (Å²) in [5.74, 6) is 5.68. The van der Waals surface area contributed by atoms with Crippen molar-refractivity contribution in [3.05, 3.63) is 0 Å². The minimum absolute atomic E-state index is 0. The van der Waals surface area contributed by atoms with E-state index in [9.17, 15) is 0 Å². The third-order valence-corrected chi connectivity index (χ3v) is 1.87. The second kappa shape index (κ2) is 5.07. The highest BCUT2D eigenvalue weighted by molar-refractivity contribution is 8.93. The summed E-state index contributed by atoms with van der Waals surface area (Å²) >= 11 is 0. The van der Waals surface area contributed by atoms with Crippen LogP contribution < -0.4 is 11.2 Å².